The molecule has 0 spiro atoms. The van der Waals surface area contributed by atoms with Crippen LogP contribution in [0.1, 0.15) is 78.1 Å². The maximum Gasteiger partial charge on any atom is 0.102 e. The minimum Gasteiger partial charge on any atom is -0.391 e. The number of rotatable bonds is 20. The molecule has 0 saturated heterocycles. The Morgan fingerprint density at radius 3 is 1.44 bits per heavy atom. The van der Waals surface area contributed by atoms with Gasteiger partial charge in [-0.05, 0) is 12.8 Å². The second kappa shape index (κ2) is 17.9. The average molecular weight is 391 g/mol. The van der Waals surface area contributed by atoms with Gasteiger partial charge in [-0.25, -0.2) is 0 Å². The lowest BCUT2D eigenvalue weighted by atomic mass is 10.1. The average Bonchev–Trinajstić information content (AvgIpc) is 2.63. The van der Waals surface area contributed by atoms with Gasteiger partial charge in [0.05, 0.1) is 52.7 Å². The van der Waals surface area contributed by atoms with Crippen LogP contribution >= 0.6 is 0 Å². The van der Waals surface area contributed by atoms with Gasteiger partial charge in [0, 0.05) is 0 Å². The van der Waals surface area contributed by atoms with Gasteiger partial charge in [0.25, 0.3) is 0 Å². The maximum atomic E-state index is 9.92. The Morgan fingerprint density at radius 1 is 0.667 bits per heavy atom. The van der Waals surface area contributed by atoms with Crippen LogP contribution < -0.4 is 0 Å². The van der Waals surface area contributed by atoms with E-state index in [4.69, 9.17) is 9.47 Å². The molecule has 0 bridgehead atoms. The third-order valence-corrected chi connectivity index (χ3v) is 5.08. The molecule has 0 aliphatic rings. The highest BCUT2D eigenvalue weighted by atomic mass is 16.5. The van der Waals surface area contributed by atoms with Crippen LogP contribution in [-0.2, 0) is 9.47 Å². The Balaban J connectivity index is 3.59. The lowest BCUT2D eigenvalue weighted by Gasteiger charge is -2.29. The molecule has 0 aromatic heterocycles. The van der Waals surface area contributed by atoms with Gasteiger partial charge in [-0.2, -0.15) is 0 Å². The second-order valence-corrected chi connectivity index (χ2v) is 8.54. The highest BCUT2D eigenvalue weighted by Gasteiger charge is 2.15. The molecule has 0 aromatic carbocycles. The molecule has 2 unspecified atom stereocenters. The number of hydrogen-bond donors (Lipinski definition) is 2. The first-order valence-corrected chi connectivity index (χ1v) is 11.2. The summed E-state index contributed by atoms with van der Waals surface area (Å²) < 4.78 is 12.1. The predicted octanol–water partition coefficient (Wildman–Crippen LogP) is 3.76. The van der Waals surface area contributed by atoms with Gasteiger partial charge in [-0.1, -0.05) is 65.2 Å². The van der Waals surface area contributed by atoms with Crippen molar-refractivity contribution in [1.29, 1.82) is 0 Å². The molecule has 0 amide bonds. The fourth-order valence-electron chi connectivity index (χ4n) is 2.95. The molecule has 0 aromatic rings. The van der Waals surface area contributed by atoms with Crippen molar-refractivity contribution >= 4 is 0 Å². The largest absolute Gasteiger partial charge is 0.391 e. The van der Waals surface area contributed by atoms with Crippen LogP contribution in [0.2, 0.25) is 0 Å². The summed E-state index contributed by atoms with van der Waals surface area (Å²) in [4.78, 5) is 0. The predicted molar refractivity (Wildman–Crippen MR) is 113 cm³/mol. The van der Waals surface area contributed by atoms with Crippen molar-refractivity contribution in [1.82, 2.24) is 0 Å². The Hall–Kier alpha value is -0.200. The number of aliphatic hydroxyl groups is 2. The van der Waals surface area contributed by atoms with Gasteiger partial charge in [0.1, 0.15) is 13.1 Å². The van der Waals surface area contributed by atoms with E-state index in [1.165, 1.54) is 38.5 Å². The molecule has 0 fully saturated rings. The van der Waals surface area contributed by atoms with E-state index < -0.39 is 0 Å². The van der Waals surface area contributed by atoms with E-state index in [0.29, 0.717) is 26.4 Å². The van der Waals surface area contributed by atoms with Gasteiger partial charge >= 0.3 is 0 Å². The number of nitrogens with zero attached hydrogens (tertiary/aromatic N) is 1. The summed E-state index contributed by atoms with van der Waals surface area (Å²) in [6, 6.07) is 0. The van der Waals surface area contributed by atoms with Crippen molar-refractivity contribution in [3.8, 4) is 0 Å². The molecule has 27 heavy (non-hydrogen) atoms. The van der Waals surface area contributed by atoms with Crippen LogP contribution in [0.15, 0.2) is 0 Å². The fourth-order valence-corrected chi connectivity index (χ4v) is 2.95. The number of unbranched alkanes of at least 4 members (excludes halogenated alkanes) is 6. The van der Waals surface area contributed by atoms with Crippen LogP contribution in [-0.4, -0.2) is 80.5 Å². The van der Waals surface area contributed by atoms with Crippen LogP contribution in [0.3, 0.4) is 0 Å². The molecule has 0 aliphatic carbocycles. The van der Waals surface area contributed by atoms with Crippen molar-refractivity contribution in [2.75, 3.05) is 53.6 Å². The minimum absolute atomic E-state index is 0.334. The molecule has 0 saturated carbocycles. The maximum absolute atomic E-state index is 9.92. The summed E-state index contributed by atoms with van der Waals surface area (Å²) in [6.45, 7) is 8.36. The monoisotopic (exact) mass is 390 g/mol. The van der Waals surface area contributed by atoms with Crippen LogP contribution in [0.25, 0.3) is 0 Å². The van der Waals surface area contributed by atoms with E-state index in [1.807, 2.05) is 0 Å². The lowest BCUT2D eigenvalue weighted by Crippen LogP contribution is -2.45. The molecule has 0 rings (SSSR count). The highest BCUT2D eigenvalue weighted by Crippen LogP contribution is 2.07. The SMILES string of the molecule is CCCCCCC(O)COCC[N+](C)(C)CCOCC(O)CCCCCC. The van der Waals surface area contributed by atoms with Crippen LogP contribution in [0.5, 0.6) is 0 Å². The summed E-state index contributed by atoms with van der Waals surface area (Å²) in [5.74, 6) is 0. The summed E-state index contributed by atoms with van der Waals surface area (Å²) in [6.07, 6.45) is 10.5. The summed E-state index contributed by atoms with van der Waals surface area (Å²) in [5.41, 5.74) is 0. The Morgan fingerprint density at radius 2 is 1.07 bits per heavy atom. The summed E-state index contributed by atoms with van der Waals surface area (Å²) in [7, 11) is 4.32. The molecule has 5 heteroatoms. The fraction of sp³-hybridized carbons (Fsp3) is 1.00. The van der Waals surface area contributed by atoms with E-state index in [-0.39, 0.29) is 12.2 Å². The molecule has 164 valence electrons. The van der Waals surface area contributed by atoms with E-state index >= 15 is 0 Å². The molecule has 2 N–H and O–H groups in total. The first-order chi connectivity index (χ1) is 12.9. The van der Waals surface area contributed by atoms with Gasteiger partial charge in [-0.15, -0.1) is 0 Å². The third-order valence-electron chi connectivity index (χ3n) is 5.08. The van der Waals surface area contributed by atoms with E-state index in [1.54, 1.807) is 0 Å². The third kappa shape index (κ3) is 18.9. The zero-order valence-electron chi connectivity index (χ0n) is 18.6. The van der Waals surface area contributed by atoms with Gasteiger partial charge in [0.15, 0.2) is 0 Å². The molecular weight excluding hydrogens is 342 g/mol. The summed E-state index contributed by atoms with van der Waals surface area (Å²) >= 11 is 0. The van der Waals surface area contributed by atoms with Gasteiger partial charge < -0.3 is 24.2 Å². The van der Waals surface area contributed by atoms with Gasteiger partial charge in [0.2, 0.25) is 0 Å². The van der Waals surface area contributed by atoms with E-state index in [9.17, 15) is 10.2 Å². The Bertz CT molecular complexity index is 285. The molecule has 0 heterocycles. The molecular formula is C22H48NO4+. The standard InChI is InChI=1S/C22H48NO4/c1-5-7-9-11-13-21(24)19-26-17-15-23(3,4)16-18-27-20-22(25)14-12-10-8-6-2/h21-22,24-25H,5-20H2,1-4H3/q+1. The van der Waals surface area contributed by atoms with Crippen molar-refractivity contribution < 1.29 is 24.2 Å². The van der Waals surface area contributed by atoms with Gasteiger partial charge in [-0.3, -0.25) is 0 Å². The van der Waals surface area contributed by atoms with Crippen molar-refractivity contribution in [3.05, 3.63) is 0 Å². The van der Waals surface area contributed by atoms with Crippen molar-refractivity contribution in [3.63, 3.8) is 0 Å². The quantitative estimate of drug-likeness (QED) is 0.245. The number of ether oxygens (including phenoxy) is 2. The minimum atomic E-state index is -0.334. The number of likely N-dealkylation sites (N-methyl/N-ethyl adjacent to an activating group) is 1. The first-order valence-electron chi connectivity index (χ1n) is 11.2. The van der Waals surface area contributed by atoms with Crippen LogP contribution in [0.4, 0.5) is 0 Å². The molecule has 0 radical (unpaired) electrons. The zero-order chi connectivity index (χ0) is 20.4. The van der Waals surface area contributed by atoms with Crippen molar-refractivity contribution in [2.45, 2.75) is 90.3 Å². The zero-order valence-corrected chi connectivity index (χ0v) is 18.6. The smallest absolute Gasteiger partial charge is 0.102 e. The number of aliphatic hydroxyl groups excluding tert-OH is 2. The summed E-state index contributed by atoms with van der Waals surface area (Å²) in [5, 5.41) is 19.8. The first kappa shape index (κ1) is 26.8. The second-order valence-electron chi connectivity index (χ2n) is 8.54. The lowest BCUT2D eigenvalue weighted by molar-refractivity contribution is -0.891. The molecule has 2 atom stereocenters. The van der Waals surface area contributed by atoms with E-state index in [0.717, 1.165) is 43.3 Å². The molecule has 0 aliphatic heterocycles. The van der Waals surface area contributed by atoms with Crippen molar-refractivity contribution in [2.24, 2.45) is 0 Å². The molecule has 5 nitrogen and oxygen atoms in total. The normalized spacial score (nSPS) is 14.4. The Labute approximate surface area is 168 Å². The topological polar surface area (TPSA) is 58.9 Å². The number of quaternary nitrogens is 1. The Kier molecular flexibility index (Phi) is 17.7. The number of hydrogen-bond acceptors (Lipinski definition) is 4. The highest BCUT2D eigenvalue weighted by molar-refractivity contribution is 4.55. The van der Waals surface area contributed by atoms with E-state index in [2.05, 4.69) is 27.9 Å². The van der Waals surface area contributed by atoms with Crippen LogP contribution in [0, 0.1) is 0 Å².